The zero-order valence-electron chi connectivity index (χ0n) is 12.7. The molecule has 0 amide bonds. The van der Waals surface area contributed by atoms with Crippen molar-refractivity contribution in [1.82, 2.24) is 10.3 Å². The quantitative estimate of drug-likeness (QED) is 0.785. The second-order valence-corrected chi connectivity index (χ2v) is 5.24. The number of pyridine rings is 1. The molecular weight excluding hydrogens is 240 g/mol. The molecule has 0 bridgehead atoms. The number of ether oxygens (including phenoxy) is 2. The Hall–Kier alpha value is -1.13. The highest BCUT2D eigenvalue weighted by molar-refractivity contribution is 5.28. The molecule has 4 nitrogen and oxygen atoms in total. The number of nitrogens with one attached hydrogen (secondary N) is 1. The summed E-state index contributed by atoms with van der Waals surface area (Å²) in [5.74, 6) is 0.711. The zero-order valence-corrected chi connectivity index (χ0v) is 12.7. The Balaban J connectivity index is 2.63. The SMILES string of the molecule is CCNC(C)c1cccnc1OCCC(C)(C)OC. The van der Waals surface area contributed by atoms with E-state index in [-0.39, 0.29) is 11.6 Å². The van der Waals surface area contributed by atoms with Crippen LogP contribution in [0.5, 0.6) is 5.88 Å². The lowest BCUT2D eigenvalue weighted by atomic mass is 10.1. The van der Waals surface area contributed by atoms with Gasteiger partial charge in [-0.05, 0) is 33.4 Å². The predicted molar refractivity (Wildman–Crippen MR) is 77.5 cm³/mol. The minimum Gasteiger partial charge on any atom is -0.477 e. The molecule has 1 heterocycles. The van der Waals surface area contributed by atoms with Gasteiger partial charge in [0, 0.05) is 31.3 Å². The van der Waals surface area contributed by atoms with E-state index in [0.29, 0.717) is 12.5 Å². The summed E-state index contributed by atoms with van der Waals surface area (Å²) >= 11 is 0. The van der Waals surface area contributed by atoms with Gasteiger partial charge in [0.05, 0.1) is 12.2 Å². The van der Waals surface area contributed by atoms with Crippen molar-refractivity contribution in [2.24, 2.45) is 0 Å². The number of nitrogens with zero attached hydrogens (tertiary/aromatic N) is 1. The Morgan fingerprint density at radius 2 is 2.16 bits per heavy atom. The molecule has 0 aromatic carbocycles. The van der Waals surface area contributed by atoms with Gasteiger partial charge in [-0.3, -0.25) is 0 Å². The van der Waals surface area contributed by atoms with Crippen LogP contribution in [0.2, 0.25) is 0 Å². The molecule has 0 aliphatic carbocycles. The van der Waals surface area contributed by atoms with Crippen molar-refractivity contribution in [2.45, 2.75) is 45.8 Å². The smallest absolute Gasteiger partial charge is 0.218 e. The summed E-state index contributed by atoms with van der Waals surface area (Å²) in [4.78, 5) is 4.32. The standard InChI is InChI=1S/C15H26N2O2/c1-6-16-12(2)13-8-7-10-17-14(13)19-11-9-15(3,4)18-5/h7-8,10,12,16H,6,9,11H2,1-5H3. The molecule has 1 N–H and O–H groups in total. The first-order valence-electron chi connectivity index (χ1n) is 6.86. The lowest BCUT2D eigenvalue weighted by Crippen LogP contribution is -2.25. The zero-order chi connectivity index (χ0) is 14.3. The molecule has 0 saturated carbocycles. The Labute approximate surface area is 116 Å². The van der Waals surface area contributed by atoms with Gasteiger partial charge in [-0.15, -0.1) is 0 Å². The van der Waals surface area contributed by atoms with Crippen LogP contribution in [0, 0.1) is 0 Å². The van der Waals surface area contributed by atoms with Crippen molar-refractivity contribution in [3.63, 3.8) is 0 Å². The maximum Gasteiger partial charge on any atom is 0.218 e. The largest absolute Gasteiger partial charge is 0.477 e. The molecule has 1 atom stereocenters. The van der Waals surface area contributed by atoms with Crippen LogP contribution >= 0.6 is 0 Å². The fourth-order valence-corrected chi connectivity index (χ4v) is 1.77. The van der Waals surface area contributed by atoms with Crippen LogP contribution in [0.3, 0.4) is 0 Å². The first kappa shape index (κ1) is 15.9. The van der Waals surface area contributed by atoms with Crippen molar-refractivity contribution in [2.75, 3.05) is 20.3 Å². The van der Waals surface area contributed by atoms with Crippen LogP contribution in [-0.2, 0) is 4.74 Å². The number of methoxy groups -OCH3 is 1. The molecule has 0 saturated heterocycles. The van der Waals surface area contributed by atoms with E-state index in [0.717, 1.165) is 18.5 Å². The molecule has 0 aliphatic heterocycles. The highest BCUT2D eigenvalue weighted by Gasteiger charge is 2.17. The Morgan fingerprint density at radius 1 is 1.42 bits per heavy atom. The maximum atomic E-state index is 5.81. The Bertz CT molecular complexity index is 380. The second-order valence-electron chi connectivity index (χ2n) is 5.24. The monoisotopic (exact) mass is 266 g/mol. The molecule has 0 radical (unpaired) electrons. The molecule has 19 heavy (non-hydrogen) atoms. The van der Waals surface area contributed by atoms with E-state index < -0.39 is 0 Å². The topological polar surface area (TPSA) is 43.4 Å². The molecule has 4 heteroatoms. The summed E-state index contributed by atoms with van der Waals surface area (Å²) in [5.41, 5.74) is 0.932. The molecule has 1 aromatic rings. The van der Waals surface area contributed by atoms with Gasteiger partial charge in [-0.25, -0.2) is 4.98 Å². The van der Waals surface area contributed by atoms with Gasteiger partial charge in [0.2, 0.25) is 5.88 Å². The summed E-state index contributed by atoms with van der Waals surface area (Å²) in [6, 6.07) is 4.23. The van der Waals surface area contributed by atoms with E-state index in [1.54, 1.807) is 13.3 Å². The molecule has 0 spiro atoms. The minimum atomic E-state index is -0.164. The molecule has 108 valence electrons. The summed E-state index contributed by atoms with van der Waals surface area (Å²) in [6.45, 7) is 9.84. The van der Waals surface area contributed by atoms with Crippen LogP contribution in [0.25, 0.3) is 0 Å². The Morgan fingerprint density at radius 3 is 2.79 bits per heavy atom. The van der Waals surface area contributed by atoms with E-state index in [2.05, 4.69) is 44.1 Å². The van der Waals surface area contributed by atoms with Crippen LogP contribution in [0.15, 0.2) is 18.3 Å². The van der Waals surface area contributed by atoms with Crippen molar-refractivity contribution in [3.05, 3.63) is 23.9 Å². The highest BCUT2D eigenvalue weighted by atomic mass is 16.5. The lowest BCUT2D eigenvalue weighted by molar-refractivity contribution is 0.00496. The maximum absolute atomic E-state index is 5.81. The summed E-state index contributed by atoms with van der Waals surface area (Å²) < 4.78 is 11.2. The first-order chi connectivity index (χ1) is 9.00. The van der Waals surface area contributed by atoms with Crippen LogP contribution in [-0.4, -0.2) is 30.8 Å². The van der Waals surface area contributed by atoms with Gasteiger partial charge in [0.1, 0.15) is 0 Å². The summed E-state index contributed by atoms with van der Waals surface area (Å²) in [6.07, 6.45) is 2.59. The number of aromatic nitrogens is 1. The normalized spacial score (nSPS) is 13.3. The number of hydrogen-bond acceptors (Lipinski definition) is 4. The lowest BCUT2D eigenvalue weighted by Gasteiger charge is -2.23. The van der Waals surface area contributed by atoms with E-state index in [1.165, 1.54) is 0 Å². The Kier molecular flexibility index (Phi) is 6.25. The summed E-state index contributed by atoms with van der Waals surface area (Å²) in [7, 11) is 1.72. The van der Waals surface area contributed by atoms with Crippen LogP contribution in [0.1, 0.15) is 45.7 Å². The second kappa shape index (κ2) is 7.46. The van der Waals surface area contributed by atoms with Crippen LogP contribution in [0.4, 0.5) is 0 Å². The van der Waals surface area contributed by atoms with Gasteiger partial charge >= 0.3 is 0 Å². The van der Waals surface area contributed by atoms with Gasteiger partial charge in [-0.1, -0.05) is 13.0 Å². The predicted octanol–water partition coefficient (Wildman–Crippen LogP) is 2.95. The van der Waals surface area contributed by atoms with Crippen molar-refractivity contribution in [1.29, 1.82) is 0 Å². The minimum absolute atomic E-state index is 0.164. The van der Waals surface area contributed by atoms with Gasteiger partial charge in [0.15, 0.2) is 0 Å². The van der Waals surface area contributed by atoms with Crippen molar-refractivity contribution >= 4 is 0 Å². The van der Waals surface area contributed by atoms with Gasteiger partial charge in [-0.2, -0.15) is 0 Å². The van der Waals surface area contributed by atoms with E-state index in [9.17, 15) is 0 Å². The van der Waals surface area contributed by atoms with Gasteiger partial charge in [0.25, 0.3) is 0 Å². The van der Waals surface area contributed by atoms with Crippen molar-refractivity contribution in [3.8, 4) is 5.88 Å². The molecule has 0 aliphatic rings. The fraction of sp³-hybridized carbons (Fsp3) is 0.667. The third kappa shape index (κ3) is 5.17. The highest BCUT2D eigenvalue weighted by Crippen LogP contribution is 2.23. The number of rotatable bonds is 8. The molecule has 1 rings (SSSR count). The summed E-state index contributed by atoms with van der Waals surface area (Å²) in [5, 5.41) is 3.38. The molecule has 1 aromatic heterocycles. The average molecular weight is 266 g/mol. The first-order valence-corrected chi connectivity index (χ1v) is 6.86. The van der Waals surface area contributed by atoms with Crippen molar-refractivity contribution < 1.29 is 9.47 Å². The molecule has 0 fully saturated rings. The van der Waals surface area contributed by atoms with E-state index >= 15 is 0 Å². The molecule has 1 unspecified atom stereocenters. The van der Waals surface area contributed by atoms with Crippen LogP contribution < -0.4 is 10.1 Å². The third-order valence-corrected chi connectivity index (χ3v) is 3.27. The fourth-order valence-electron chi connectivity index (χ4n) is 1.77. The average Bonchev–Trinajstić information content (AvgIpc) is 2.39. The third-order valence-electron chi connectivity index (χ3n) is 3.27. The number of hydrogen-bond donors (Lipinski definition) is 1. The molecular formula is C15H26N2O2. The van der Waals surface area contributed by atoms with E-state index in [1.807, 2.05) is 6.07 Å². The van der Waals surface area contributed by atoms with E-state index in [4.69, 9.17) is 9.47 Å². The van der Waals surface area contributed by atoms with Gasteiger partial charge < -0.3 is 14.8 Å².